The first kappa shape index (κ1) is 12.9. The first-order chi connectivity index (χ1) is 8.26. The Balaban J connectivity index is 2.15. The first-order valence-corrected chi connectivity index (χ1v) is 7.58. The highest BCUT2D eigenvalue weighted by Gasteiger charge is 2.20. The molecule has 17 heavy (non-hydrogen) atoms. The molecule has 0 spiro atoms. The molecule has 0 aliphatic heterocycles. The van der Waals surface area contributed by atoms with Gasteiger partial charge in [-0.2, -0.15) is 0 Å². The number of rotatable bonds is 4. The maximum Gasteiger partial charge on any atom is 0.263 e. The number of halogens is 1. The maximum absolute atomic E-state index is 12.3. The van der Waals surface area contributed by atoms with Crippen molar-refractivity contribution in [3.05, 3.63) is 21.4 Å². The van der Waals surface area contributed by atoms with Crippen LogP contribution < -0.4 is 0 Å². The van der Waals surface area contributed by atoms with Crippen molar-refractivity contribution in [3.8, 4) is 0 Å². The second-order valence-electron chi connectivity index (χ2n) is 4.34. The largest absolute Gasteiger partial charge is 0.337 e. The lowest BCUT2D eigenvalue weighted by atomic mass is 9.99. The zero-order chi connectivity index (χ0) is 12.3. The molecule has 0 fully saturated rings. The molecule has 0 saturated carbocycles. The standard InChI is InChI=1S/C13H18ClNOS/c1-2-15(8-7-14)13(16)12-9-10-5-3-4-6-11(10)17-12/h9H,2-8H2,1H3. The summed E-state index contributed by atoms with van der Waals surface area (Å²) in [6.07, 6.45) is 4.81. The average Bonchev–Trinajstić information content (AvgIpc) is 2.78. The summed E-state index contributed by atoms with van der Waals surface area (Å²) in [5.74, 6) is 0.651. The predicted octanol–water partition coefficient (Wildman–Crippen LogP) is 3.33. The second-order valence-corrected chi connectivity index (χ2v) is 5.85. The summed E-state index contributed by atoms with van der Waals surface area (Å²) < 4.78 is 0. The zero-order valence-corrected chi connectivity index (χ0v) is 11.7. The summed E-state index contributed by atoms with van der Waals surface area (Å²) in [5.41, 5.74) is 1.39. The van der Waals surface area contributed by atoms with Gasteiger partial charge in [-0.15, -0.1) is 22.9 Å². The number of nitrogens with zero attached hydrogens (tertiary/aromatic N) is 1. The minimum atomic E-state index is 0.146. The van der Waals surface area contributed by atoms with Crippen molar-refractivity contribution >= 4 is 28.8 Å². The molecule has 4 heteroatoms. The second kappa shape index (κ2) is 5.87. The van der Waals surface area contributed by atoms with Crippen LogP contribution in [0.5, 0.6) is 0 Å². The van der Waals surface area contributed by atoms with E-state index in [0.717, 1.165) is 24.3 Å². The third-order valence-electron chi connectivity index (χ3n) is 3.23. The van der Waals surface area contributed by atoms with Gasteiger partial charge in [-0.05, 0) is 44.2 Å². The molecular formula is C13H18ClNOS. The van der Waals surface area contributed by atoms with Gasteiger partial charge < -0.3 is 4.90 Å². The van der Waals surface area contributed by atoms with Crippen LogP contribution in [0.1, 0.15) is 39.9 Å². The molecule has 1 amide bonds. The summed E-state index contributed by atoms with van der Waals surface area (Å²) in [5, 5.41) is 0. The van der Waals surface area contributed by atoms with Crippen LogP contribution in [0.25, 0.3) is 0 Å². The van der Waals surface area contributed by atoms with Crippen molar-refractivity contribution in [2.45, 2.75) is 32.6 Å². The molecule has 0 unspecified atom stereocenters. The van der Waals surface area contributed by atoms with Crippen molar-refractivity contribution < 1.29 is 4.79 Å². The van der Waals surface area contributed by atoms with Crippen LogP contribution in [0.4, 0.5) is 0 Å². The Morgan fingerprint density at radius 2 is 2.24 bits per heavy atom. The molecule has 94 valence electrons. The van der Waals surface area contributed by atoms with Gasteiger partial charge in [0.05, 0.1) is 4.88 Å². The number of carbonyl (C=O) groups excluding carboxylic acids is 1. The number of hydrogen-bond donors (Lipinski definition) is 0. The van der Waals surface area contributed by atoms with Crippen LogP contribution in [0.2, 0.25) is 0 Å². The normalized spacial score (nSPS) is 14.5. The van der Waals surface area contributed by atoms with Gasteiger partial charge in [-0.3, -0.25) is 4.79 Å². The van der Waals surface area contributed by atoms with E-state index < -0.39 is 0 Å². The number of amides is 1. The van der Waals surface area contributed by atoms with Crippen LogP contribution in [0, 0.1) is 0 Å². The van der Waals surface area contributed by atoms with Crippen LogP contribution in [0.3, 0.4) is 0 Å². The van der Waals surface area contributed by atoms with Gasteiger partial charge in [0.2, 0.25) is 0 Å². The zero-order valence-electron chi connectivity index (χ0n) is 10.2. The van der Waals surface area contributed by atoms with Crippen molar-refractivity contribution in [2.75, 3.05) is 19.0 Å². The Hall–Kier alpha value is -0.540. The molecule has 0 bridgehead atoms. The molecule has 0 N–H and O–H groups in total. The maximum atomic E-state index is 12.3. The summed E-state index contributed by atoms with van der Waals surface area (Å²) in [6.45, 7) is 3.37. The summed E-state index contributed by atoms with van der Waals surface area (Å²) in [6, 6.07) is 2.10. The fourth-order valence-corrected chi connectivity index (χ4v) is 3.68. The number of carbonyl (C=O) groups is 1. The SMILES string of the molecule is CCN(CCCl)C(=O)c1cc2c(s1)CCCC2. The van der Waals surface area contributed by atoms with Crippen molar-refractivity contribution in [1.29, 1.82) is 0 Å². The molecule has 0 saturated heterocycles. The number of aryl methyl sites for hydroxylation is 2. The molecule has 1 aromatic heterocycles. The number of hydrogen-bond acceptors (Lipinski definition) is 2. The molecule has 1 heterocycles. The van der Waals surface area contributed by atoms with Gasteiger partial charge in [0, 0.05) is 23.8 Å². The molecular weight excluding hydrogens is 254 g/mol. The van der Waals surface area contributed by atoms with Crippen LogP contribution in [0.15, 0.2) is 6.07 Å². The monoisotopic (exact) mass is 271 g/mol. The lowest BCUT2D eigenvalue weighted by Gasteiger charge is -2.18. The molecule has 0 atom stereocenters. The smallest absolute Gasteiger partial charge is 0.263 e. The third kappa shape index (κ3) is 2.83. The van der Waals surface area contributed by atoms with E-state index in [9.17, 15) is 4.79 Å². The highest BCUT2D eigenvalue weighted by molar-refractivity contribution is 7.14. The summed E-state index contributed by atoms with van der Waals surface area (Å²) >= 11 is 7.40. The predicted molar refractivity (Wildman–Crippen MR) is 73.3 cm³/mol. The van der Waals surface area contributed by atoms with E-state index in [4.69, 9.17) is 11.6 Å². The van der Waals surface area contributed by atoms with Crippen LogP contribution >= 0.6 is 22.9 Å². The summed E-state index contributed by atoms with van der Waals surface area (Å²) in [4.78, 5) is 16.4. The molecule has 1 aliphatic rings. The molecule has 0 radical (unpaired) electrons. The van der Waals surface area contributed by atoms with E-state index in [1.165, 1.54) is 23.3 Å². The van der Waals surface area contributed by atoms with E-state index in [1.54, 1.807) is 11.3 Å². The highest BCUT2D eigenvalue weighted by Crippen LogP contribution is 2.30. The molecule has 1 aliphatic carbocycles. The van der Waals surface area contributed by atoms with Crippen molar-refractivity contribution in [1.82, 2.24) is 4.90 Å². The van der Waals surface area contributed by atoms with E-state index in [2.05, 4.69) is 6.07 Å². The fourth-order valence-electron chi connectivity index (χ4n) is 2.26. The number of thiophene rings is 1. The van der Waals surface area contributed by atoms with Gasteiger partial charge in [0.1, 0.15) is 0 Å². The van der Waals surface area contributed by atoms with E-state index >= 15 is 0 Å². The van der Waals surface area contributed by atoms with E-state index in [-0.39, 0.29) is 5.91 Å². The lowest BCUT2D eigenvalue weighted by molar-refractivity contribution is 0.0779. The summed E-state index contributed by atoms with van der Waals surface area (Å²) in [7, 11) is 0. The van der Waals surface area contributed by atoms with E-state index in [0.29, 0.717) is 12.4 Å². The van der Waals surface area contributed by atoms with Gasteiger partial charge in [0.15, 0.2) is 0 Å². The Bertz CT molecular complexity index is 379. The number of alkyl halides is 1. The van der Waals surface area contributed by atoms with Crippen LogP contribution in [-0.4, -0.2) is 29.8 Å². The molecule has 1 aromatic rings. The Morgan fingerprint density at radius 1 is 1.47 bits per heavy atom. The lowest BCUT2D eigenvalue weighted by Crippen LogP contribution is -2.31. The van der Waals surface area contributed by atoms with Crippen molar-refractivity contribution in [2.24, 2.45) is 0 Å². The molecule has 0 aromatic carbocycles. The topological polar surface area (TPSA) is 20.3 Å². The average molecular weight is 272 g/mol. The van der Waals surface area contributed by atoms with Gasteiger partial charge >= 0.3 is 0 Å². The Kier molecular flexibility index (Phi) is 4.46. The minimum Gasteiger partial charge on any atom is -0.337 e. The van der Waals surface area contributed by atoms with Gasteiger partial charge in [-0.1, -0.05) is 0 Å². The number of fused-ring (bicyclic) bond motifs is 1. The van der Waals surface area contributed by atoms with Gasteiger partial charge in [-0.25, -0.2) is 0 Å². The first-order valence-electron chi connectivity index (χ1n) is 6.23. The third-order valence-corrected chi connectivity index (χ3v) is 4.62. The van der Waals surface area contributed by atoms with Crippen molar-refractivity contribution in [3.63, 3.8) is 0 Å². The van der Waals surface area contributed by atoms with Crippen LogP contribution in [-0.2, 0) is 12.8 Å². The Morgan fingerprint density at radius 3 is 2.88 bits per heavy atom. The Labute approximate surface area is 112 Å². The molecule has 2 rings (SSSR count). The quantitative estimate of drug-likeness (QED) is 0.770. The molecule has 2 nitrogen and oxygen atoms in total. The van der Waals surface area contributed by atoms with Gasteiger partial charge in [0.25, 0.3) is 5.91 Å². The minimum absolute atomic E-state index is 0.146. The fraction of sp³-hybridized carbons (Fsp3) is 0.615. The van der Waals surface area contributed by atoms with E-state index in [1.807, 2.05) is 11.8 Å². The highest BCUT2D eigenvalue weighted by atomic mass is 35.5.